The van der Waals surface area contributed by atoms with Crippen LogP contribution in [0.1, 0.15) is 30.2 Å². The molecule has 1 aliphatic carbocycles. The zero-order valence-corrected chi connectivity index (χ0v) is 26.8. The molecule has 11 nitrogen and oxygen atoms in total. The predicted molar refractivity (Wildman–Crippen MR) is 181 cm³/mol. The highest BCUT2D eigenvalue weighted by molar-refractivity contribution is 7.19. The lowest BCUT2D eigenvalue weighted by Crippen LogP contribution is -2.59. The normalized spacial score (nSPS) is 18.8. The van der Waals surface area contributed by atoms with E-state index in [2.05, 4.69) is 43.2 Å². The number of aromatic nitrogens is 5. The van der Waals surface area contributed by atoms with Crippen molar-refractivity contribution in [2.24, 2.45) is 7.05 Å². The van der Waals surface area contributed by atoms with Gasteiger partial charge in [0.05, 0.1) is 37.3 Å². The Balaban J connectivity index is 1.04. The predicted octanol–water partition coefficient (Wildman–Crippen LogP) is 4.13. The third-order valence-corrected chi connectivity index (χ3v) is 10.8. The van der Waals surface area contributed by atoms with Crippen LogP contribution >= 0.6 is 11.3 Å². The molecule has 7 heterocycles. The summed E-state index contributed by atoms with van der Waals surface area (Å²) in [6, 6.07) is 10.4. The number of ether oxygens (including phenoxy) is 1. The molecule has 46 heavy (non-hydrogen) atoms. The SMILES string of the molecule is C[C@H]1CN(C2COC2)CCN1c1ccc(Nc2cc(-c3ccnc(-n4ncc5c6c(sc5c4=O)CCCC6)c3)cn(C)c2=O)nc1. The summed E-state index contributed by atoms with van der Waals surface area (Å²) in [6.45, 7) is 6.87. The first-order valence-corrected chi connectivity index (χ1v) is 16.8. The zero-order chi connectivity index (χ0) is 31.4. The van der Waals surface area contributed by atoms with E-state index < -0.39 is 0 Å². The molecule has 0 aromatic carbocycles. The second-order valence-corrected chi connectivity index (χ2v) is 13.6. The molecule has 0 saturated carbocycles. The number of rotatable bonds is 6. The number of nitrogens with one attached hydrogen (secondary N) is 1. The number of thiophene rings is 1. The van der Waals surface area contributed by atoms with Gasteiger partial charge in [-0.15, -0.1) is 11.3 Å². The van der Waals surface area contributed by atoms with Crippen LogP contribution < -0.4 is 21.3 Å². The minimum Gasteiger partial charge on any atom is -0.378 e. The number of fused-ring (bicyclic) bond motifs is 3. The van der Waals surface area contributed by atoms with Gasteiger partial charge < -0.3 is 19.5 Å². The molecule has 3 aliphatic rings. The Morgan fingerprint density at radius 2 is 1.85 bits per heavy atom. The summed E-state index contributed by atoms with van der Waals surface area (Å²) >= 11 is 1.59. The van der Waals surface area contributed by atoms with Gasteiger partial charge in [0.25, 0.3) is 11.1 Å². The largest absolute Gasteiger partial charge is 0.378 e. The van der Waals surface area contributed by atoms with Crippen LogP contribution in [0.3, 0.4) is 0 Å². The molecule has 5 aromatic heterocycles. The van der Waals surface area contributed by atoms with Gasteiger partial charge in [0.1, 0.15) is 16.2 Å². The highest BCUT2D eigenvalue weighted by Crippen LogP contribution is 2.34. The van der Waals surface area contributed by atoms with Crippen molar-refractivity contribution < 1.29 is 4.74 Å². The van der Waals surface area contributed by atoms with E-state index in [1.165, 1.54) is 15.1 Å². The van der Waals surface area contributed by atoms with E-state index >= 15 is 0 Å². The van der Waals surface area contributed by atoms with Crippen molar-refractivity contribution in [2.45, 2.75) is 44.7 Å². The molecule has 0 spiro atoms. The molecule has 236 valence electrons. The second-order valence-electron chi connectivity index (χ2n) is 12.5. The fourth-order valence-electron chi connectivity index (χ4n) is 6.89. The Bertz CT molecular complexity index is 2050. The van der Waals surface area contributed by atoms with Crippen LogP contribution in [0.4, 0.5) is 17.2 Å². The Labute approximate surface area is 270 Å². The fourth-order valence-corrected chi connectivity index (χ4v) is 8.18. The summed E-state index contributed by atoms with van der Waals surface area (Å²) in [6.07, 6.45) is 11.5. The second kappa shape index (κ2) is 11.8. The van der Waals surface area contributed by atoms with Gasteiger partial charge in [0, 0.05) is 60.9 Å². The highest BCUT2D eigenvalue weighted by Gasteiger charge is 2.32. The number of pyridine rings is 3. The Kier molecular flexibility index (Phi) is 7.42. The van der Waals surface area contributed by atoms with E-state index in [0.29, 0.717) is 29.4 Å². The van der Waals surface area contributed by atoms with Crippen LogP contribution in [-0.2, 0) is 24.6 Å². The van der Waals surface area contributed by atoms with Crippen molar-refractivity contribution in [1.82, 2.24) is 29.2 Å². The van der Waals surface area contributed by atoms with Gasteiger partial charge in [-0.3, -0.25) is 14.5 Å². The van der Waals surface area contributed by atoms with E-state index in [-0.39, 0.29) is 11.1 Å². The highest BCUT2D eigenvalue weighted by atomic mass is 32.1. The molecule has 2 saturated heterocycles. The van der Waals surface area contributed by atoms with Crippen LogP contribution in [0.2, 0.25) is 0 Å². The topological polar surface area (TPSA) is 110 Å². The molecule has 5 aromatic rings. The van der Waals surface area contributed by atoms with Crippen molar-refractivity contribution >= 4 is 38.6 Å². The summed E-state index contributed by atoms with van der Waals surface area (Å²) in [7, 11) is 1.73. The Morgan fingerprint density at radius 3 is 2.63 bits per heavy atom. The molecular formula is C34H36N8O3S. The monoisotopic (exact) mass is 636 g/mol. The summed E-state index contributed by atoms with van der Waals surface area (Å²) in [5.41, 5.74) is 4.05. The number of hydrogen-bond acceptors (Lipinski definition) is 10. The van der Waals surface area contributed by atoms with Crippen LogP contribution in [-0.4, -0.2) is 74.1 Å². The van der Waals surface area contributed by atoms with Crippen LogP contribution in [0.25, 0.3) is 27.0 Å². The maximum atomic E-state index is 13.5. The van der Waals surface area contributed by atoms with Crippen molar-refractivity contribution in [3.8, 4) is 16.9 Å². The zero-order valence-electron chi connectivity index (χ0n) is 26.0. The number of anilines is 3. The first-order valence-electron chi connectivity index (χ1n) is 15.9. The first-order chi connectivity index (χ1) is 22.4. The van der Waals surface area contributed by atoms with Gasteiger partial charge in [0.2, 0.25) is 0 Å². The Morgan fingerprint density at radius 1 is 0.978 bits per heavy atom. The summed E-state index contributed by atoms with van der Waals surface area (Å²) in [5, 5.41) is 8.73. The molecule has 0 amide bonds. The quantitative estimate of drug-likeness (QED) is 0.294. The lowest BCUT2D eigenvalue weighted by atomic mass is 9.97. The number of aryl methyl sites for hydroxylation is 3. The van der Waals surface area contributed by atoms with Crippen molar-refractivity contribution in [1.29, 1.82) is 0 Å². The molecular weight excluding hydrogens is 600 g/mol. The Hall–Kier alpha value is -4.39. The molecule has 2 aliphatic heterocycles. The van der Waals surface area contributed by atoms with Crippen LogP contribution in [0.15, 0.2) is 64.7 Å². The minimum absolute atomic E-state index is 0.150. The third-order valence-electron chi connectivity index (χ3n) is 9.52. The standard InChI is InChI=1S/C34H36N8O3S/c1-21-17-40(25-19-45-20-25)11-12-41(21)24-7-8-30(36-15-24)38-28-13-23(18-39(2)33(28)43)22-9-10-35-31(14-22)42-34(44)32-27(16-37-42)26-5-3-4-6-29(26)46-32/h7-10,13-16,18,21,25H,3-6,11-12,17,19-20H2,1-2H3,(H,36,38)/t21-/m0/s1. The molecule has 1 atom stereocenters. The van der Waals surface area contributed by atoms with Gasteiger partial charge in [-0.05, 0) is 74.1 Å². The van der Waals surface area contributed by atoms with Crippen molar-refractivity contribution in [2.75, 3.05) is 43.1 Å². The van der Waals surface area contributed by atoms with E-state index in [1.807, 2.05) is 36.7 Å². The molecule has 0 radical (unpaired) electrons. The maximum Gasteiger partial charge on any atom is 0.290 e. The third kappa shape index (κ3) is 5.20. The number of hydrogen-bond donors (Lipinski definition) is 1. The molecule has 1 N–H and O–H groups in total. The van der Waals surface area contributed by atoms with Crippen molar-refractivity contribution in [3.05, 3.63) is 86.3 Å². The minimum atomic E-state index is -0.168. The molecule has 8 rings (SSSR count). The molecule has 0 unspecified atom stereocenters. The lowest BCUT2D eigenvalue weighted by Gasteiger charge is -2.46. The molecule has 12 heteroatoms. The maximum absolute atomic E-state index is 13.5. The van der Waals surface area contributed by atoms with Crippen LogP contribution in [0.5, 0.6) is 0 Å². The summed E-state index contributed by atoms with van der Waals surface area (Å²) in [4.78, 5) is 42.1. The number of nitrogens with zero attached hydrogens (tertiary/aromatic N) is 7. The summed E-state index contributed by atoms with van der Waals surface area (Å²) < 4.78 is 9.05. The van der Waals surface area contributed by atoms with Gasteiger partial charge in [-0.1, -0.05) is 0 Å². The summed E-state index contributed by atoms with van der Waals surface area (Å²) in [5.74, 6) is 1.03. The smallest absolute Gasteiger partial charge is 0.290 e. The van der Waals surface area contributed by atoms with Crippen LogP contribution in [0, 0.1) is 0 Å². The molecule has 2 fully saturated rings. The van der Waals surface area contributed by atoms with Gasteiger partial charge in [-0.2, -0.15) is 9.78 Å². The molecule has 0 bridgehead atoms. The van der Waals surface area contributed by atoms with Crippen molar-refractivity contribution in [3.63, 3.8) is 0 Å². The average Bonchev–Trinajstić information content (AvgIpc) is 3.43. The van der Waals surface area contributed by atoms with E-state index in [4.69, 9.17) is 4.74 Å². The number of piperazine rings is 1. The average molecular weight is 637 g/mol. The lowest BCUT2D eigenvalue weighted by molar-refractivity contribution is -0.0691. The fraction of sp³-hybridized carbons (Fsp3) is 0.382. The van der Waals surface area contributed by atoms with E-state index in [0.717, 1.165) is 85.4 Å². The van der Waals surface area contributed by atoms with Gasteiger partial charge >= 0.3 is 0 Å². The van der Waals surface area contributed by atoms with E-state index in [1.54, 1.807) is 35.3 Å². The first kappa shape index (κ1) is 29.0. The van der Waals surface area contributed by atoms with Gasteiger partial charge in [-0.25, -0.2) is 9.97 Å². The van der Waals surface area contributed by atoms with Gasteiger partial charge in [0.15, 0.2) is 5.82 Å². The van der Waals surface area contributed by atoms with E-state index in [9.17, 15) is 9.59 Å².